The molecule has 1 aromatic heterocycles. The summed E-state index contributed by atoms with van der Waals surface area (Å²) in [5.74, 6) is 0.227. The molecule has 0 aromatic carbocycles. The fourth-order valence-electron chi connectivity index (χ4n) is 2.02. The Hall–Kier alpha value is -1.28. The summed E-state index contributed by atoms with van der Waals surface area (Å²) in [7, 11) is 0. The van der Waals surface area contributed by atoms with Gasteiger partial charge in [-0.25, -0.2) is 14.6 Å². The van der Waals surface area contributed by atoms with Gasteiger partial charge in [-0.2, -0.15) is 11.8 Å². The summed E-state index contributed by atoms with van der Waals surface area (Å²) < 4.78 is 0. The Balaban J connectivity index is 2.07. The van der Waals surface area contributed by atoms with Gasteiger partial charge in [-0.15, -0.1) is 11.3 Å². The van der Waals surface area contributed by atoms with E-state index in [9.17, 15) is 9.59 Å². The molecule has 20 heavy (non-hydrogen) atoms. The Morgan fingerprint density at radius 2 is 2.30 bits per heavy atom. The van der Waals surface area contributed by atoms with Crippen LogP contribution < -0.4 is 5.32 Å². The number of rotatable bonds is 3. The molecule has 1 fully saturated rings. The lowest BCUT2D eigenvalue weighted by Crippen LogP contribution is -2.51. The Morgan fingerprint density at radius 3 is 2.90 bits per heavy atom. The number of hydrogen-bond donors (Lipinski definition) is 2. The molecule has 2 N–H and O–H groups in total. The molecule has 0 saturated carbocycles. The van der Waals surface area contributed by atoms with Gasteiger partial charge in [0.15, 0.2) is 5.13 Å². The summed E-state index contributed by atoms with van der Waals surface area (Å²) in [6.07, 6.45) is 0.816. The van der Waals surface area contributed by atoms with Gasteiger partial charge >= 0.3 is 12.0 Å². The predicted molar refractivity (Wildman–Crippen MR) is 80.7 cm³/mol. The van der Waals surface area contributed by atoms with Gasteiger partial charge in [-0.1, -0.05) is 6.92 Å². The maximum atomic E-state index is 12.2. The number of aliphatic carboxylic acids is 1. The lowest BCUT2D eigenvalue weighted by atomic mass is 10.3. The average Bonchev–Trinajstić information content (AvgIpc) is 2.78. The Morgan fingerprint density at radius 1 is 1.55 bits per heavy atom. The smallest absolute Gasteiger partial charge is 0.327 e. The van der Waals surface area contributed by atoms with E-state index < -0.39 is 12.0 Å². The van der Waals surface area contributed by atoms with Crippen LogP contribution in [0.5, 0.6) is 0 Å². The molecule has 1 saturated heterocycles. The number of thiazole rings is 1. The number of aromatic nitrogens is 1. The summed E-state index contributed by atoms with van der Waals surface area (Å²) in [5, 5.41) is 12.4. The fourth-order valence-corrected chi connectivity index (χ4v) is 3.95. The van der Waals surface area contributed by atoms with Gasteiger partial charge in [0.2, 0.25) is 0 Å². The normalized spacial score (nSPS) is 18.9. The Bertz CT molecular complexity index is 518. The van der Waals surface area contributed by atoms with E-state index in [-0.39, 0.29) is 6.03 Å². The average molecular weight is 315 g/mol. The highest BCUT2D eigenvalue weighted by Gasteiger charge is 2.32. The van der Waals surface area contributed by atoms with E-state index in [1.54, 1.807) is 11.8 Å². The van der Waals surface area contributed by atoms with Crippen LogP contribution in [-0.4, -0.2) is 51.1 Å². The quantitative estimate of drug-likeness (QED) is 0.892. The van der Waals surface area contributed by atoms with E-state index in [4.69, 9.17) is 5.11 Å². The zero-order valence-corrected chi connectivity index (χ0v) is 13.0. The van der Waals surface area contributed by atoms with Crippen molar-refractivity contribution in [3.05, 3.63) is 10.6 Å². The molecule has 8 heteroatoms. The van der Waals surface area contributed by atoms with Crippen molar-refractivity contribution < 1.29 is 14.7 Å². The Labute approximate surface area is 125 Å². The van der Waals surface area contributed by atoms with Gasteiger partial charge in [0.25, 0.3) is 0 Å². The molecule has 1 unspecified atom stereocenters. The number of carbonyl (C=O) groups is 2. The van der Waals surface area contributed by atoms with Gasteiger partial charge in [0, 0.05) is 22.9 Å². The minimum absolute atomic E-state index is 0.380. The number of carbonyl (C=O) groups excluding carboxylic acids is 1. The summed E-state index contributed by atoms with van der Waals surface area (Å²) in [4.78, 5) is 30.2. The molecule has 2 heterocycles. The van der Waals surface area contributed by atoms with Crippen LogP contribution in [0, 0.1) is 6.92 Å². The van der Waals surface area contributed by atoms with Gasteiger partial charge in [0.05, 0.1) is 5.69 Å². The molecule has 1 aliphatic rings. The summed E-state index contributed by atoms with van der Waals surface area (Å²) in [5.41, 5.74) is 0.967. The number of carboxylic acids is 1. The molecule has 0 spiro atoms. The van der Waals surface area contributed by atoms with Crippen molar-refractivity contribution in [3.63, 3.8) is 0 Å². The van der Waals surface area contributed by atoms with Crippen LogP contribution in [0.1, 0.15) is 17.5 Å². The largest absolute Gasteiger partial charge is 0.480 e. The highest BCUT2D eigenvalue weighted by molar-refractivity contribution is 7.99. The number of carboxylic acid groups (broad SMARTS) is 1. The topological polar surface area (TPSA) is 82.5 Å². The number of hydrogen-bond acceptors (Lipinski definition) is 5. The highest BCUT2D eigenvalue weighted by atomic mass is 32.2. The first kappa shape index (κ1) is 15.1. The van der Waals surface area contributed by atoms with Crippen molar-refractivity contribution in [1.82, 2.24) is 9.88 Å². The first-order valence-corrected chi connectivity index (χ1v) is 8.34. The van der Waals surface area contributed by atoms with Crippen LogP contribution in [0.2, 0.25) is 0 Å². The van der Waals surface area contributed by atoms with Gasteiger partial charge in [-0.3, -0.25) is 5.32 Å². The standard InChI is InChI=1S/C12H17N3O3S2/c1-3-8-7(2)20-11(13-8)14-12(18)15-4-5-19-6-9(15)10(16)17/h9H,3-6H2,1-2H3,(H,16,17)(H,13,14,18). The molecule has 1 aromatic rings. The lowest BCUT2D eigenvalue weighted by Gasteiger charge is -2.32. The molecule has 2 rings (SSSR count). The molecule has 0 aliphatic carbocycles. The van der Waals surface area contributed by atoms with Crippen LogP contribution >= 0.6 is 23.1 Å². The zero-order chi connectivity index (χ0) is 14.7. The highest BCUT2D eigenvalue weighted by Crippen LogP contribution is 2.24. The number of thioether (sulfide) groups is 1. The van der Waals surface area contributed by atoms with E-state index in [0.29, 0.717) is 17.4 Å². The molecule has 1 aliphatic heterocycles. The summed E-state index contributed by atoms with van der Waals surface area (Å²) in [6, 6.07) is -1.14. The SMILES string of the molecule is CCc1nc(NC(=O)N2CCSCC2C(=O)O)sc1C. The van der Waals surface area contributed by atoms with E-state index in [1.807, 2.05) is 13.8 Å². The van der Waals surface area contributed by atoms with Gasteiger partial charge in [-0.05, 0) is 13.3 Å². The summed E-state index contributed by atoms with van der Waals surface area (Å²) in [6.45, 7) is 4.41. The van der Waals surface area contributed by atoms with E-state index >= 15 is 0 Å². The van der Waals surface area contributed by atoms with Crippen LogP contribution in [0.4, 0.5) is 9.93 Å². The minimum Gasteiger partial charge on any atom is -0.480 e. The van der Waals surface area contributed by atoms with Crippen molar-refractivity contribution >= 4 is 40.2 Å². The van der Waals surface area contributed by atoms with Crippen LogP contribution in [0.3, 0.4) is 0 Å². The number of urea groups is 1. The predicted octanol–water partition coefficient (Wildman–Crippen LogP) is 2.05. The summed E-state index contributed by atoms with van der Waals surface area (Å²) >= 11 is 2.97. The number of nitrogens with zero attached hydrogens (tertiary/aromatic N) is 2. The molecular weight excluding hydrogens is 298 g/mol. The van der Waals surface area contributed by atoms with E-state index in [0.717, 1.165) is 22.7 Å². The van der Waals surface area contributed by atoms with Crippen molar-refractivity contribution in [1.29, 1.82) is 0 Å². The number of aryl methyl sites for hydroxylation is 2. The third kappa shape index (κ3) is 3.24. The second-order valence-corrected chi connectivity index (χ2v) is 6.78. The third-order valence-corrected chi connectivity index (χ3v) is 5.07. The van der Waals surface area contributed by atoms with E-state index in [2.05, 4.69) is 10.3 Å². The monoisotopic (exact) mass is 315 g/mol. The molecule has 0 radical (unpaired) electrons. The van der Waals surface area contributed by atoms with Crippen LogP contribution in [-0.2, 0) is 11.2 Å². The molecule has 6 nitrogen and oxygen atoms in total. The molecule has 0 bridgehead atoms. The fraction of sp³-hybridized carbons (Fsp3) is 0.583. The van der Waals surface area contributed by atoms with E-state index in [1.165, 1.54) is 16.2 Å². The Kier molecular flexibility index (Phi) is 4.87. The second-order valence-electron chi connectivity index (χ2n) is 4.43. The minimum atomic E-state index is -0.961. The third-order valence-electron chi connectivity index (χ3n) is 3.12. The maximum Gasteiger partial charge on any atom is 0.327 e. The first-order valence-electron chi connectivity index (χ1n) is 6.37. The molecule has 1 atom stereocenters. The zero-order valence-electron chi connectivity index (χ0n) is 11.4. The van der Waals surface area contributed by atoms with Crippen molar-refractivity contribution in [2.75, 3.05) is 23.4 Å². The first-order chi connectivity index (χ1) is 9.52. The lowest BCUT2D eigenvalue weighted by molar-refractivity contribution is -0.141. The van der Waals surface area contributed by atoms with Gasteiger partial charge < -0.3 is 10.0 Å². The second kappa shape index (κ2) is 6.45. The maximum absolute atomic E-state index is 12.2. The van der Waals surface area contributed by atoms with Crippen LogP contribution in [0.25, 0.3) is 0 Å². The number of anilines is 1. The van der Waals surface area contributed by atoms with Crippen molar-refractivity contribution in [2.45, 2.75) is 26.3 Å². The van der Waals surface area contributed by atoms with Crippen molar-refractivity contribution in [3.8, 4) is 0 Å². The van der Waals surface area contributed by atoms with Crippen LogP contribution in [0.15, 0.2) is 0 Å². The molecular formula is C12H17N3O3S2. The van der Waals surface area contributed by atoms with Gasteiger partial charge in [0.1, 0.15) is 6.04 Å². The molecule has 110 valence electrons. The van der Waals surface area contributed by atoms with Crippen molar-refractivity contribution in [2.24, 2.45) is 0 Å². The number of nitrogens with one attached hydrogen (secondary N) is 1. The molecule has 2 amide bonds. The number of amides is 2.